The van der Waals surface area contributed by atoms with E-state index in [-0.39, 0.29) is 5.54 Å². The van der Waals surface area contributed by atoms with E-state index in [9.17, 15) is 0 Å². The lowest BCUT2D eigenvalue weighted by Gasteiger charge is -2.11. The minimum atomic E-state index is -0.0868. The molecule has 0 bridgehead atoms. The zero-order chi connectivity index (χ0) is 16.0. The van der Waals surface area contributed by atoms with Gasteiger partial charge in [0.25, 0.3) is 0 Å². The van der Waals surface area contributed by atoms with Gasteiger partial charge < -0.3 is 4.74 Å². The number of hydrogen-bond acceptors (Lipinski definition) is 2. The zero-order valence-corrected chi connectivity index (χ0v) is 13.6. The summed E-state index contributed by atoms with van der Waals surface area (Å²) in [6, 6.07) is 15.8. The summed E-state index contributed by atoms with van der Waals surface area (Å²) in [4.78, 5) is 4.56. The van der Waals surface area contributed by atoms with Crippen molar-refractivity contribution >= 4 is 6.21 Å². The van der Waals surface area contributed by atoms with Gasteiger partial charge in [0, 0.05) is 22.9 Å². The molecule has 2 aromatic rings. The molecule has 0 amide bonds. The Morgan fingerprint density at radius 3 is 2.27 bits per heavy atom. The highest BCUT2D eigenvalue weighted by Crippen LogP contribution is 2.12. The van der Waals surface area contributed by atoms with Crippen LogP contribution in [-0.2, 0) is 0 Å². The van der Waals surface area contributed by atoms with Gasteiger partial charge in [-0.1, -0.05) is 30.0 Å². The van der Waals surface area contributed by atoms with Gasteiger partial charge >= 0.3 is 0 Å². The van der Waals surface area contributed by atoms with Crippen molar-refractivity contribution in [2.45, 2.75) is 26.3 Å². The molecule has 0 saturated carbocycles. The summed E-state index contributed by atoms with van der Waals surface area (Å²) in [6.07, 6.45) is 1.90. The Morgan fingerprint density at radius 1 is 0.955 bits per heavy atom. The maximum atomic E-state index is 5.15. The number of methoxy groups -OCH3 is 1. The predicted octanol–water partition coefficient (Wildman–Crippen LogP) is 4.31. The van der Waals surface area contributed by atoms with E-state index < -0.39 is 0 Å². The molecule has 0 spiro atoms. The first-order valence-electron chi connectivity index (χ1n) is 7.28. The van der Waals surface area contributed by atoms with Crippen molar-refractivity contribution < 1.29 is 4.74 Å². The molecule has 0 radical (unpaired) electrons. The van der Waals surface area contributed by atoms with Crippen LogP contribution in [0.2, 0.25) is 0 Å². The maximum absolute atomic E-state index is 5.15. The van der Waals surface area contributed by atoms with E-state index in [0.29, 0.717) is 0 Å². The molecule has 2 aromatic carbocycles. The largest absolute Gasteiger partial charge is 0.497 e. The molecule has 0 unspecified atom stereocenters. The third kappa shape index (κ3) is 4.79. The van der Waals surface area contributed by atoms with Crippen LogP contribution in [0.15, 0.2) is 53.5 Å². The van der Waals surface area contributed by atoms with Crippen molar-refractivity contribution in [3.8, 4) is 17.6 Å². The summed E-state index contributed by atoms with van der Waals surface area (Å²) < 4.78 is 5.15. The standard InChI is InChI=1S/C20H21NO/c1-20(2,3)21-15-18-8-6-5-7-17(18)12-9-16-10-13-19(22-4)14-11-16/h5-8,10-11,13-15H,1-4H3. The van der Waals surface area contributed by atoms with Crippen molar-refractivity contribution in [1.29, 1.82) is 0 Å². The van der Waals surface area contributed by atoms with Gasteiger partial charge in [-0.3, -0.25) is 4.99 Å². The molecule has 0 aliphatic rings. The first-order valence-corrected chi connectivity index (χ1v) is 7.28. The number of nitrogens with zero attached hydrogens (tertiary/aromatic N) is 1. The molecule has 2 rings (SSSR count). The Morgan fingerprint density at radius 2 is 1.64 bits per heavy atom. The lowest BCUT2D eigenvalue weighted by Crippen LogP contribution is -2.09. The number of ether oxygens (including phenoxy) is 1. The molecule has 0 fully saturated rings. The summed E-state index contributed by atoms with van der Waals surface area (Å²) in [5, 5.41) is 0. The van der Waals surface area contributed by atoms with Crippen LogP contribution in [0.25, 0.3) is 0 Å². The summed E-state index contributed by atoms with van der Waals surface area (Å²) in [5.41, 5.74) is 2.89. The highest BCUT2D eigenvalue weighted by atomic mass is 16.5. The molecule has 2 heteroatoms. The molecular formula is C20H21NO. The topological polar surface area (TPSA) is 21.6 Å². The van der Waals surface area contributed by atoms with Crippen LogP contribution in [-0.4, -0.2) is 18.9 Å². The highest BCUT2D eigenvalue weighted by Gasteiger charge is 2.05. The molecule has 0 aliphatic heterocycles. The maximum Gasteiger partial charge on any atom is 0.118 e. The van der Waals surface area contributed by atoms with Crippen LogP contribution >= 0.6 is 0 Å². The Labute approximate surface area is 132 Å². The molecule has 0 atom stereocenters. The molecular weight excluding hydrogens is 270 g/mol. The quantitative estimate of drug-likeness (QED) is 0.597. The van der Waals surface area contributed by atoms with Crippen LogP contribution in [0.5, 0.6) is 5.75 Å². The fourth-order valence-corrected chi connectivity index (χ4v) is 1.80. The monoisotopic (exact) mass is 291 g/mol. The van der Waals surface area contributed by atoms with Crippen molar-refractivity contribution in [2.75, 3.05) is 7.11 Å². The van der Waals surface area contributed by atoms with Crippen LogP contribution in [0.1, 0.15) is 37.5 Å². The molecule has 0 aromatic heterocycles. The molecule has 2 nitrogen and oxygen atoms in total. The average molecular weight is 291 g/mol. The summed E-state index contributed by atoms with van der Waals surface area (Å²) >= 11 is 0. The van der Waals surface area contributed by atoms with Crippen LogP contribution in [0, 0.1) is 11.8 Å². The molecule has 0 heterocycles. The van der Waals surface area contributed by atoms with Crippen molar-refractivity contribution in [1.82, 2.24) is 0 Å². The number of rotatable bonds is 2. The van der Waals surface area contributed by atoms with E-state index in [1.165, 1.54) is 0 Å². The first-order chi connectivity index (χ1) is 10.5. The van der Waals surface area contributed by atoms with Gasteiger partial charge in [0.1, 0.15) is 5.75 Å². The zero-order valence-electron chi connectivity index (χ0n) is 13.6. The molecule has 0 aliphatic carbocycles. The normalized spacial score (nSPS) is 11.1. The lowest BCUT2D eigenvalue weighted by atomic mass is 10.1. The Hall–Kier alpha value is -2.53. The summed E-state index contributed by atoms with van der Waals surface area (Å²) in [7, 11) is 1.66. The fraction of sp³-hybridized carbons (Fsp3) is 0.250. The summed E-state index contributed by atoms with van der Waals surface area (Å²) in [5.74, 6) is 7.24. The Balaban J connectivity index is 2.26. The Bertz CT molecular complexity index is 710. The summed E-state index contributed by atoms with van der Waals surface area (Å²) in [6.45, 7) is 6.24. The van der Waals surface area contributed by atoms with E-state index in [1.807, 2.05) is 54.7 Å². The van der Waals surface area contributed by atoms with Gasteiger partial charge in [-0.2, -0.15) is 0 Å². The first kappa shape index (κ1) is 15.9. The number of hydrogen-bond donors (Lipinski definition) is 0. The molecule has 0 N–H and O–H groups in total. The minimum absolute atomic E-state index is 0.0868. The Kier molecular flexibility index (Phi) is 5.01. The van der Waals surface area contributed by atoms with Crippen molar-refractivity contribution in [3.05, 3.63) is 65.2 Å². The minimum Gasteiger partial charge on any atom is -0.497 e. The number of aliphatic imine (C=N–C) groups is 1. The van der Waals surface area contributed by atoms with Gasteiger partial charge in [0.2, 0.25) is 0 Å². The van der Waals surface area contributed by atoms with Crippen LogP contribution in [0.4, 0.5) is 0 Å². The molecule has 112 valence electrons. The number of benzene rings is 2. The SMILES string of the molecule is COc1ccc(C#Cc2ccccc2C=NC(C)(C)C)cc1. The predicted molar refractivity (Wildman–Crippen MR) is 92.8 cm³/mol. The molecule has 22 heavy (non-hydrogen) atoms. The van der Waals surface area contributed by atoms with Crippen molar-refractivity contribution in [2.24, 2.45) is 4.99 Å². The van der Waals surface area contributed by atoms with E-state index in [1.54, 1.807) is 7.11 Å². The third-order valence-electron chi connectivity index (χ3n) is 2.98. The highest BCUT2D eigenvalue weighted by molar-refractivity contribution is 5.83. The fourth-order valence-electron chi connectivity index (χ4n) is 1.80. The van der Waals surface area contributed by atoms with E-state index in [0.717, 1.165) is 22.4 Å². The van der Waals surface area contributed by atoms with Crippen LogP contribution in [0.3, 0.4) is 0 Å². The van der Waals surface area contributed by atoms with E-state index in [2.05, 4.69) is 37.6 Å². The third-order valence-corrected chi connectivity index (χ3v) is 2.98. The second-order valence-corrected chi connectivity index (χ2v) is 5.99. The van der Waals surface area contributed by atoms with Crippen LogP contribution < -0.4 is 4.74 Å². The second-order valence-electron chi connectivity index (χ2n) is 5.99. The van der Waals surface area contributed by atoms with Gasteiger partial charge in [-0.05, 0) is 51.1 Å². The molecule has 0 saturated heterocycles. The average Bonchev–Trinajstić information content (AvgIpc) is 2.51. The van der Waals surface area contributed by atoms with Gasteiger partial charge in [0.05, 0.1) is 12.6 Å². The van der Waals surface area contributed by atoms with Gasteiger partial charge in [-0.15, -0.1) is 0 Å². The second kappa shape index (κ2) is 6.95. The lowest BCUT2D eigenvalue weighted by molar-refractivity contribution is 0.415. The smallest absolute Gasteiger partial charge is 0.118 e. The van der Waals surface area contributed by atoms with Crippen molar-refractivity contribution in [3.63, 3.8) is 0 Å². The van der Waals surface area contributed by atoms with E-state index in [4.69, 9.17) is 4.74 Å². The van der Waals surface area contributed by atoms with Gasteiger partial charge in [0.15, 0.2) is 0 Å². The van der Waals surface area contributed by atoms with Gasteiger partial charge in [-0.25, -0.2) is 0 Å². The van der Waals surface area contributed by atoms with E-state index >= 15 is 0 Å².